The molecular weight excluding hydrogens is 234 g/mol. The third-order valence-electron chi connectivity index (χ3n) is 2.46. The van der Waals surface area contributed by atoms with Crippen LogP contribution in [0.15, 0.2) is 17.5 Å². The number of anilines is 1. The average molecular weight is 249 g/mol. The molecule has 2 rings (SSSR count). The number of aromatic amines is 1. The molecule has 2 heterocycles. The number of H-pyrrole nitrogens is 1. The molecule has 17 heavy (non-hydrogen) atoms. The molecule has 0 aliphatic heterocycles. The minimum Gasteiger partial charge on any atom is -0.304 e. The van der Waals surface area contributed by atoms with Crippen molar-refractivity contribution in [2.24, 2.45) is 0 Å². The Hall–Kier alpha value is -1.62. The van der Waals surface area contributed by atoms with Crippen LogP contribution < -0.4 is 5.32 Å². The van der Waals surface area contributed by atoms with Crippen LogP contribution in [0, 0.1) is 6.92 Å². The van der Waals surface area contributed by atoms with Gasteiger partial charge in [-0.3, -0.25) is 9.89 Å². The summed E-state index contributed by atoms with van der Waals surface area (Å²) in [4.78, 5) is 12.6. The Morgan fingerprint density at radius 2 is 2.41 bits per heavy atom. The Bertz CT molecular complexity index is 515. The van der Waals surface area contributed by atoms with Gasteiger partial charge in [-0.25, -0.2) is 0 Å². The van der Waals surface area contributed by atoms with E-state index in [-0.39, 0.29) is 5.91 Å². The maximum absolute atomic E-state index is 11.9. The molecule has 2 aromatic heterocycles. The van der Waals surface area contributed by atoms with Crippen molar-refractivity contribution in [3.63, 3.8) is 0 Å². The maximum Gasteiger partial charge on any atom is 0.267 e. The number of carbonyl (C=O) groups is 1. The van der Waals surface area contributed by atoms with Crippen LogP contribution in [0.1, 0.15) is 34.3 Å². The van der Waals surface area contributed by atoms with Gasteiger partial charge in [0, 0.05) is 11.8 Å². The number of rotatable bonds is 4. The van der Waals surface area contributed by atoms with Gasteiger partial charge in [0.15, 0.2) is 5.82 Å². The summed E-state index contributed by atoms with van der Waals surface area (Å²) >= 11 is 1.44. The predicted octanol–water partition coefficient (Wildman–Crippen LogP) is 2.98. The molecule has 1 amide bonds. The van der Waals surface area contributed by atoms with Crippen LogP contribution in [-0.4, -0.2) is 16.1 Å². The highest BCUT2D eigenvalue weighted by Crippen LogP contribution is 2.17. The molecule has 4 nitrogen and oxygen atoms in total. The second kappa shape index (κ2) is 5.14. The molecule has 0 radical (unpaired) electrons. The van der Waals surface area contributed by atoms with Gasteiger partial charge in [0.1, 0.15) is 0 Å². The van der Waals surface area contributed by atoms with E-state index in [1.807, 2.05) is 24.4 Å². The quantitative estimate of drug-likeness (QED) is 0.875. The van der Waals surface area contributed by atoms with Crippen LogP contribution in [0.5, 0.6) is 0 Å². The van der Waals surface area contributed by atoms with Crippen molar-refractivity contribution in [1.82, 2.24) is 10.2 Å². The molecule has 0 unspecified atom stereocenters. The monoisotopic (exact) mass is 249 g/mol. The fraction of sp³-hybridized carbons (Fsp3) is 0.333. The zero-order valence-electron chi connectivity index (χ0n) is 9.91. The standard InChI is InChI=1S/C12H15N3OS/c1-3-4-9-7-10(15-14-9)13-12(16)11-8(2)5-6-17-11/h5-7H,3-4H2,1-2H3,(H2,13,14,15,16). The minimum absolute atomic E-state index is 0.0907. The average Bonchev–Trinajstić information content (AvgIpc) is 2.88. The molecule has 5 heteroatoms. The highest BCUT2D eigenvalue weighted by Gasteiger charge is 2.11. The summed E-state index contributed by atoms with van der Waals surface area (Å²) in [6, 6.07) is 3.82. The fourth-order valence-electron chi connectivity index (χ4n) is 1.60. The molecule has 0 fully saturated rings. The lowest BCUT2D eigenvalue weighted by molar-refractivity contribution is 0.102. The van der Waals surface area contributed by atoms with Crippen LogP contribution in [0.2, 0.25) is 0 Å². The van der Waals surface area contributed by atoms with E-state index in [2.05, 4.69) is 22.4 Å². The molecule has 0 saturated heterocycles. The number of hydrogen-bond donors (Lipinski definition) is 2. The Balaban J connectivity index is 2.05. The normalized spacial score (nSPS) is 10.5. The Kier molecular flexibility index (Phi) is 3.58. The Morgan fingerprint density at radius 3 is 3.06 bits per heavy atom. The maximum atomic E-state index is 11.9. The van der Waals surface area contributed by atoms with Crippen LogP contribution in [0.3, 0.4) is 0 Å². The summed E-state index contributed by atoms with van der Waals surface area (Å²) in [6.45, 7) is 4.03. The first-order chi connectivity index (χ1) is 8.20. The largest absolute Gasteiger partial charge is 0.304 e. The van der Waals surface area contributed by atoms with E-state index in [4.69, 9.17) is 0 Å². The molecule has 0 aliphatic rings. The van der Waals surface area contributed by atoms with Crippen molar-refractivity contribution in [3.8, 4) is 0 Å². The van der Waals surface area contributed by atoms with E-state index in [9.17, 15) is 4.79 Å². The highest BCUT2D eigenvalue weighted by atomic mass is 32.1. The van der Waals surface area contributed by atoms with Gasteiger partial charge in [-0.15, -0.1) is 11.3 Å². The first-order valence-corrected chi connectivity index (χ1v) is 6.48. The summed E-state index contributed by atoms with van der Waals surface area (Å²) in [5.41, 5.74) is 2.04. The SMILES string of the molecule is CCCc1cc(NC(=O)c2sccc2C)n[nH]1. The number of thiophene rings is 1. The summed E-state index contributed by atoms with van der Waals surface area (Å²) in [7, 11) is 0. The molecule has 0 saturated carbocycles. The number of amides is 1. The van der Waals surface area contributed by atoms with Gasteiger partial charge < -0.3 is 5.32 Å². The van der Waals surface area contributed by atoms with Gasteiger partial charge in [-0.2, -0.15) is 5.10 Å². The van der Waals surface area contributed by atoms with Gasteiger partial charge in [-0.05, 0) is 30.4 Å². The Labute approximate surface area is 104 Å². The first-order valence-electron chi connectivity index (χ1n) is 5.60. The van der Waals surface area contributed by atoms with Crippen molar-refractivity contribution in [1.29, 1.82) is 0 Å². The van der Waals surface area contributed by atoms with Crippen molar-refractivity contribution < 1.29 is 4.79 Å². The third kappa shape index (κ3) is 2.74. The van der Waals surface area contributed by atoms with Gasteiger partial charge in [0.25, 0.3) is 5.91 Å². The van der Waals surface area contributed by atoms with Crippen molar-refractivity contribution in [3.05, 3.63) is 33.6 Å². The zero-order chi connectivity index (χ0) is 12.3. The topological polar surface area (TPSA) is 57.8 Å². The van der Waals surface area contributed by atoms with E-state index in [1.165, 1.54) is 11.3 Å². The number of nitrogens with zero attached hydrogens (tertiary/aromatic N) is 1. The number of carbonyl (C=O) groups excluding carboxylic acids is 1. The molecule has 0 atom stereocenters. The summed E-state index contributed by atoms with van der Waals surface area (Å²) in [5.74, 6) is 0.498. The smallest absolute Gasteiger partial charge is 0.267 e. The lowest BCUT2D eigenvalue weighted by Crippen LogP contribution is -2.11. The molecule has 0 bridgehead atoms. The zero-order valence-corrected chi connectivity index (χ0v) is 10.7. The van der Waals surface area contributed by atoms with E-state index in [0.717, 1.165) is 29.0 Å². The van der Waals surface area contributed by atoms with Gasteiger partial charge in [0.05, 0.1) is 4.88 Å². The van der Waals surface area contributed by atoms with Crippen molar-refractivity contribution in [2.45, 2.75) is 26.7 Å². The van der Waals surface area contributed by atoms with Crippen LogP contribution in [0.25, 0.3) is 0 Å². The van der Waals surface area contributed by atoms with Crippen LogP contribution in [-0.2, 0) is 6.42 Å². The van der Waals surface area contributed by atoms with E-state index < -0.39 is 0 Å². The fourth-order valence-corrected chi connectivity index (χ4v) is 2.42. The van der Waals surface area contributed by atoms with Crippen molar-refractivity contribution in [2.75, 3.05) is 5.32 Å². The van der Waals surface area contributed by atoms with Crippen molar-refractivity contribution >= 4 is 23.1 Å². The predicted molar refractivity (Wildman–Crippen MR) is 69.6 cm³/mol. The second-order valence-electron chi connectivity index (χ2n) is 3.92. The summed E-state index contributed by atoms with van der Waals surface area (Å²) < 4.78 is 0. The number of nitrogens with one attached hydrogen (secondary N) is 2. The summed E-state index contributed by atoms with van der Waals surface area (Å²) in [5, 5.41) is 11.7. The molecule has 0 aromatic carbocycles. The number of aromatic nitrogens is 2. The minimum atomic E-state index is -0.0907. The lowest BCUT2D eigenvalue weighted by atomic mass is 10.2. The molecule has 2 N–H and O–H groups in total. The van der Waals surface area contributed by atoms with E-state index in [1.54, 1.807) is 0 Å². The van der Waals surface area contributed by atoms with Crippen LogP contribution >= 0.6 is 11.3 Å². The van der Waals surface area contributed by atoms with Gasteiger partial charge >= 0.3 is 0 Å². The first kappa shape index (κ1) is 11.9. The number of hydrogen-bond acceptors (Lipinski definition) is 3. The Morgan fingerprint density at radius 1 is 1.59 bits per heavy atom. The molecule has 0 aliphatic carbocycles. The molecular formula is C12H15N3OS. The van der Waals surface area contributed by atoms with E-state index >= 15 is 0 Å². The molecule has 2 aromatic rings. The molecule has 90 valence electrons. The summed E-state index contributed by atoms with van der Waals surface area (Å²) in [6.07, 6.45) is 2.00. The highest BCUT2D eigenvalue weighted by molar-refractivity contribution is 7.12. The third-order valence-corrected chi connectivity index (χ3v) is 3.48. The van der Waals surface area contributed by atoms with Gasteiger partial charge in [0.2, 0.25) is 0 Å². The molecule has 0 spiro atoms. The van der Waals surface area contributed by atoms with Gasteiger partial charge in [-0.1, -0.05) is 13.3 Å². The van der Waals surface area contributed by atoms with E-state index in [0.29, 0.717) is 5.82 Å². The van der Waals surface area contributed by atoms with Crippen LogP contribution in [0.4, 0.5) is 5.82 Å². The number of aryl methyl sites for hydroxylation is 2. The second-order valence-corrected chi connectivity index (χ2v) is 4.83. The lowest BCUT2D eigenvalue weighted by Gasteiger charge is -1.99.